The van der Waals surface area contributed by atoms with Crippen LogP contribution < -0.4 is 21.6 Å². The van der Waals surface area contributed by atoms with Gasteiger partial charge in [-0.15, -0.1) is 0 Å². The summed E-state index contributed by atoms with van der Waals surface area (Å²) in [6.07, 6.45) is 0. The van der Waals surface area contributed by atoms with Crippen LogP contribution in [-0.4, -0.2) is 30.8 Å². The third kappa shape index (κ3) is 104. The Bertz CT molecular complexity index is 196. The second-order valence-electron chi connectivity index (χ2n) is 1.31. The molecule has 0 bridgehead atoms. The van der Waals surface area contributed by atoms with Crippen LogP contribution >= 0.6 is 0 Å². The molecular formula is C2H11N4O4S+. The normalized spacial score (nSPS) is 9.36. The van der Waals surface area contributed by atoms with E-state index in [-0.39, 0.29) is 12.7 Å². The van der Waals surface area contributed by atoms with Crippen LogP contribution in [0.5, 0.6) is 0 Å². The van der Waals surface area contributed by atoms with Crippen molar-refractivity contribution in [2.24, 2.45) is 16.6 Å². The van der Waals surface area contributed by atoms with Gasteiger partial charge in [0, 0.05) is 0 Å². The van der Waals surface area contributed by atoms with E-state index in [0.717, 1.165) is 0 Å². The molecule has 0 saturated heterocycles. The van der Waals surface area contributed by atoms with E-state index in [9.17, 15) is 0 Å². The molecule has 0 aromatic rings. The number of nitrogens with one attached hydrogen (secondary N) is 1. The number of guanidine groups is 1. The van der Waals surface area contributed by atoms with Crippen LogP contribution in [0.25, 0.3) is 0 Å². The number of hydrogen-bond donors (Lipinski definition) is 6. The molecule has 0 atom stereocenters. The number of nitrogens with two attached hydrogens (primary N) is 3. The summed E-state index contributed by atoms with van der Waals surface area (Å²) >= 11 is 0. The first kappa shape index (κ1) is 12.7. The fourth-order valence-corrected chi connectivity index (χ4v) is 0.0913. The highest BCUT2D eigenvalue weighted by atomic mass is 32.2. The zero-order chi connectivity index (χ0) is 9.49. The van der Waals surface area contributed by atoms with Crippen molar-refractivity contribution in [3.05, 3.63) is 0 Å². The maximum atomic E-state index is 8.97. The summed E-state index contributed by atoms with van der Waals surface area (Å²) in [5.41, 5.74) is 9.65. The molecule has 0 saturated carbocycles. The highest BCUT2D eigenvalue weighted by molar-refractivity contribution is 7.83. The van der Waals surface area contributed by atoms with Gasteiger partial charge in [0.2, 0.25) is 0 Å². The zero-order valence-corrected chi connectivity index (χ0v) is 6.37. The Morgan fingerprint density at radius 1 is 1.45 bits per heavy atom. The number of rotatable bonds is 1. The Labute approximate surface area is 63.6 Å². The lowest BCUT2D eigenvalue weighted by molar-refractivity contribution is -0.503. The van der Waals surface area contributed by atoms with Gasteiger partial charge < -0.3 is 5.11 Å². The van der Waals surface area contributed by atoms with Crippen LogP contribution in [0.4, 0.5) is 0 Å². The molecule has 0 aliphatic rings. The first-order valence-corrected chi connectivity index (χ1v) is 3.75. The molecule has 0 aromatic carbocycles. The van der Waals surface area contributed by atoms with Gasteiger partial charge in [0.1, 0.15) is 0 Å². The SMILES string of the molecule is NC(N)=[NH+]CO.NS(=O)(=O)O. The fourth-order valence-electron chi connectivity index (χ4n) is 0.0913. The van der Waals surface area contributed by atoms with E-state index < -0.39 is 10.3 Å². The Morgan fingerprint density at radius 2 is 1.73 bits per heavy atom. The van der Waals surface area contributed by atoms with Gasteiger partial charge >= 0.3 is 16.3 Å². The number of aliphatic hydroxyl groups excluding tert-OH is 1. The maximum Gasteiger partial charge on any atom is 0.340 e. The van der Waals surface area contributed by atoms with E-state index in [0.29, 0.717) is 0 Å². The van der Waals surface area contributed by atoms with E-state index in [4.69, 9.17) is 29.5 Å². The molecule has 0 unspecified atom stereocenters. The van der Waals surface area contributed by atoms with Crippen LogP contribution in [-0.2, 0) is 10.3 Å². The molecule has 8 nitrogen and oxygen atoms in total. The standard InChI is InChI=1S/C2H7N3O.H3NO3S/c3-2(4)5-1-6;1-5(2,3)4/h6H,1H2,(H4,3,4,5);(H3,1,2,3,4)/p+1. The predicted octanol–water partition coefficient (Wildman–Crippen LogP) is -4.96. The van der Waals surface area contributed by atoms with Crippen LogP contribution in [0, 0.1) is 0 Å². The van der Waals surface area contributed by atoms with Gasteiger partial charge in [0.25, 0.3) is 0 Å². The van der Waals surface area contributed by atoms with Crippen molar-refractivity contribution in [2.75, 3.05) is 6.73 Å². The summed E-state index contributed by atoms with van der Waals surface area (Å²) in [5.74, 6) is 0.0394. The molecule has 0 heterocycles. The number of hydrogen-bond acceptors (Lipinski definition) is 3. The van der Waals surface area contributed by atoms with Crippen LogP contribution in [0.3, 0.4) is 0 Å². The topological polar surface area (TPSA) is 167 Å². The third-order valence-electron chi connectivity index (χ3n) is 0.283. The second kappa shape index (κ2) is 5.85. The van der Waals surface area contributed by atoms with Gasteiger partial charge in [-0.1, -0.05) is 0 Å². The molecule has 68 valence electrons. The molecule has 0 aliphatic carbocycles. The van der Waals surface area contributed by atoms with Crippen molar-refractivity contribution in [1.29, 1.82) is 0 Å². The Balaban J connectivity index is 0. The minimum absolute atomic E-state index is 0.0394. The minimum atomic E-state index is -4.17. The van der Waals surface area contributed by atoms with Gasteiger partial charge in [-0.2, -0.15) is 8.42 Å². The van der Waals surface area contributed by atoms with E-state index in [1.54, 1.807) is 0 Å². The minimum Gasteiger partial charge on any atom is -0.364 e. The molecule has 9 N–H and O–H groups in total. The molecule has 0 aromatic heterocycles. The van der Waals surface area contributed by atoms with E-state index in [1.807, 2.05) is 0 Å². The predicted molar refractivity (Wildman–Crippen MR) is 37.2 cm³/mol. The molecule has 0 rings (SSSR count). The second-order valence-corrected chi connectivity index (χ2v) is 2.34. The van der Waals surface area contributed by atoms with Crippen molar-refractivity contribution in [1.82, 2.24) is 0 Å². The largest absolute Gasteiger partial charge is 0.364 e. The van der Waals surface area contributed by atoms with Gasteiger partial charge in [0.15, 0.2) is 6.73 Å². The summed E-state index contributed by atoms with van der Waals surface area (Å²) in [5, 5.41) is 11.8. The molecule has 0 amide bonds. The van der Waals surface area contributed by atoms with Crippen molar-refractivity contribution >= 4 is 16.3 Å². The summed E-state index contributed by atoms with van der Waals surface area (Å²) in [6, 6.07) is 0. The maximum absolute atomic E-state index is 8.97. The first-order valence-electron chi connectivity index (χ1n) is 2.25. The van der Waals surface area contributed by atoms with Crippen molar-refractivity contribution in [2.45, 2.75) is 0 Å². The third-order valence-corrected chi connectivity index (χ3v) is 0.283. The monoisotopic (exact) mass is 187 g/mol. The summed E-state index contributed by atoms with van der Waals surface area (Å²) < 4.78 is 25.2. The average Bonchev–Trinajstić information content (AvgIpc) is 1.58. The molecule has 0 radical (unpaired) electrons. The lowest BCUT2D eigenvalue weighted by Crippen LogP contribution is -2.78. The quantitative estimate of drug-likeness (QED) is 0.104. The molecule has 0 aliphatic heterocycles. The lowest BCUT2D eigenvalue weighted by atomic mass is 11.0. The highest BCUT2D eigenvalue weighted by Crippen LogP contribution is 1.50. The summed E-state index contributed by atoms with van der Waals surface area (Å²) in [6.45, 7) is -0.206. The van der Waals surface area contributed by atoms with Crippen LogP contribution in [0.1, 0.15) is 0 Å². The van der Waals surface area contributed by atoms with Crippen molar-refractivity contribution in [3.63, 3.8) is 0 Å². The van der Waals surface area contributed by atoms with Gasteiger partial charge in [-0.3, -0.25) is 21.0 Å². The number of aliphatic hydroxyl groups is 1. The Kier molecular flexibility index (Phi) is 6.78. The Hall–Kier alpha value is -0.900. The molecule has 0 spiro atoms. The van der Waals surface area contributed by atoms with Crippen molar-refractivity contribution in [3.8, 4) is 0 Å². The van der Waals surface area contributed by atoms with Crippen LogP contribution in [0.2, 0.25) is 0 Å². The van der Waals surface area contributed by atoms with E-state index in [2.05, 4.69) is 10.1 Å². The average molecular weight is 187 g/mol. The highest BCUT2D eigenvalue weighted by Gasteiger charge is 1.81. The summed E-state index contributed by atoms with van der Waals surface area (Å²) in [7, 11) is -4.17. The van der Waals surface area contributed by atoms with Gasteiger partial charge in [-0.05, 0) is 0 Å². The lowest BCUT2D eigenvalue weighted by Gasteiger charge is -1.76. The fraction of sp³-hybridized carbons (Fsp3) is 0.500. The van der Waals surface area contributed by atoms with Crippen molar-refractivity contribution < 1.29 is 23.1 Å². The van der Waals surface area contributed by atoms with Crippen LogP contribution in [0.15, 0.2) is 0 Å². The zero-order valence-electron chi connectivity index (χ0n) is 5.56. The van der Waals surface area contributed by atoms with E-state index >= 15 is 0 Å². The molecular weight excluding hydrogens is 176 g/mol. The summed E-state index contributed by atoms with van der Waals surface area (Å²) in [4.78, 5) is 2.24. The van der Waals surface area contributed by atoms with E-state index in [1.165, 1.54) is 0 Å². The molecule has 11 heavy (non-hydrogen) atoms. The molecule has 0 fully saturated rings. The molecule has 9 heteroatoms. The smallest absolute Gasteiger partial charge is 0.340 e. The first-order chi connectivity index (χ1) is 4.77. The Morgan fingerprint density at radius 3 is 1.73 bits per heavy atom. The van der Waals surface area contributed by atoms with Gasteiger partial charge in [-0.25, -0.2) is 5.14 Å². The van der Waals surface area contributed by atoms with Gasteiger partial charge in [0.05, 0.1) is 0 Å².